The van der Waals surface area contributed by atoms with E-state index >= 15 is 0 Å². The van der Waals surface area contributed by atoms with Crippen molar-refractivity contribution in [2.45, 2.75) is 69.9 Å². The molecule has 0 aromatic heterocycles. The van der Waals surface area contributed by atoms with Gasteiger partial charge in [0.1, 0.15) is 0 Å². The maximum atomic E-state index is 14.4. The molecule has 2 N–H and O–H groups in total. The summed E-state index contributed by atoms with van der Waals surface area (Å²) in [7, 11) is 0. The molecule has 2 aromatic rings. The van der Waals surface area contributed by atoms with Crippen LogP contribution in [0.15, 0.2) is 42.5 Å². The van der Waals surface area contributed by atoms with Crippen LogP contribution in [-0.4, -0.2) is 57.8 Å². The van der Waals surface area contributed by atoms with Crippen LogP contribution in [0.2, 0.25) is 0 Å². The molecule has 38 heavy (non-hydrogen) atoms. The van der Waals surface area contributed by atoms with E-state index in [0.717, 1.165) is 36.8 Å². The lowest BCUT2D eigenvalue weighted by Crippen LogP contribution is -2.46. The molecule has 9 heteroatoms. The molecule has 2 saturated heterocycles. The molecule has 2 aromatic carbocycles. The first-order chi connectivity index (χ1) is 18.0. The van der Waals surface area contributed by atoms with E-state index in [4.69, 9.17) is 4.74 Å². The lowest BCUT2D eigenvalue weighted by atomic mass is 9.71. The second-order valence-corrected chi connectivity index (χ2v) is 13.8. The molecular formula is C29H34I2N2O5. The highest BCUT2D eigenvalue weighted by Crippen LogP contribution is 2.58. The van der Waals surface area contributed by atoms with Crippen LogP contribution in [0.4, 0.5) is 5.69 Å². The zero-order valence-corrected chi connectivity index (χ0v) is 26.2. The molecule has 0 aliphatic carbocycles. The van der Waals surface area contributed by atoms with Crippen molar-refractivity contribution in [3.8, 4) is 0 Å². The normalized spacial score (nSPS) is 29.0. The topological polar surface area (TPSA) is 90.3 Å². The fourth-order valence-corrected chi connectivity index (χ4v) is 7.67. The summed E-state index contributed by atoms with van der Waals surface area (Å²) < 4.78 is 8.89. The highest BCUT2D eigenvalue weighted by atomic mass is 127. The van der Waals surface area contributed by atoms with Crippen LogP contribution in [0, 0.1) is 19.0 Å². The Labute approximate surface area is 251 Å². The second kappa shape index (κ2) is 10.6. The van der Waals surface area contributed by atoms with E-state index in [2.05, 4.69) is 45.2 Å². The summed E-state index contributed by atoms with van der Waals surface area (Å²) in [5, 5.41) is 21.1. The van der Waals surface area contributed by atoms with Gasteiger partial charge in [0.05, 0.1) is 43.0 Å². The van der Waals surface area contributed by atoms with Crippen LogP contribution < -0.4 is 4.90 Å². The Bertz CT molecular complexity index is 1230. The van der Waals surface area contributed by atoms with Crippen LogP contribution >= 0.6 is 45.2 Å². The number of hydrogen-bond donors (Lipinski definition) is 2. The summed E-state index contributed by atoms with van der Waals surface area (Å²) in [5.41, 5.74) is 0.145. The second-order valence-electron chi connectivity index (χ2n) is 11.3. The first kappa shape index (κ1) is 28.3. The van der Waals surface area contributed by atoms with Crippen LogP contribution in [0.3, 0.4) is 0 Å². The molecule has 0 unspecified atom stereocenters. The van der Waals surface area contributed by atoms with Crippen molar-refractivity contribution in [2.75, 3.05) is 18.1 Å². The quantitative estimate of drug-likeness (QED) is 0.428. The van der Waals surface area contributed by atoms with Gasteiger partial charge in [-0.05, 0) is 108 Å². The number of likely N-dealkylation sites (tertiary alicyclic amines) is 1. The third-order valence-electron chi connectivity index (χ3n) is 8.48. The minimum atomic E-state index is -1.29. The van der Waals surface area contributed by atoms with E-state index < -0.39 is 23.2 Å². The van der Waals surface area contributed by atoms with E-state index in [0.29, 0.717) is 13.1 Å². The zero-order valence-electron chi connectivity index (χ0n) is 21.9. The zero-order chi connectivity index (χ0) is 27.4. The Morgan fingerprint density at radius 2 is 1.84 bits per heavy atom. The van der Waals surface area contributed by atoms with Crippen molar-refractivity contribution in [2.24, 2.45) is 11.8 Å². The van der Waals surface area contributed by atoms with Crippen LogP contribution in [0.5, 0.6) is 0 Å². The van der Waals surface area contributed by atoms with Gasteiger partial charge < -0.3 is 24.7 Å². The standard InChI is InChI=1S/C29H34I2N2O5/c1-17-26(28(2,3)37)24(14-25(35)32-12-4-5-21(32)16-34)38-29(17)22-13-20(31)10-11-23(22)33(27(29)36)15-18-6-8-19(30)9-7-18/h6-11,13,17,21,24,26,34,37H,4-5,12,14-16H2,1-3H3/t17-,21-,24+,26-,29+/m0/s1. The summed E-state index contributed by atoms with van der Waals surface area (Å²) in [4.78, 5) is 31.4. The number of carbonyl (C=O) groups excluding carboxylic acids is 2. The maximum Gasteiger partial charge on any atom is 0.264 e. The fraction of sp³-hybridized carbons (Fsp3) is 0.517. The number of amides is 2. The van der Waals surface area contributed by atoms with E-state index in [-0.39, 0.29) is 36.8 Å². The average Bonchev–Trinajstić information content (AvgIpc) is 3.51. The maximum absolute atomic E-state index is 14.4. The van der Waals surface area contributed by atoms with Crippen LogP contribution in [0.1, 0.15) is 51.2 Å². The molecule has 5 atom stereocenters. The van der Waals surface area contributed by atoms with Crippen molar-refractivity contribution in [3.05, 3.63) is 60.7 Å². The van der Waals surface area contributed by atoms with Gasteiger partial charge in [-0.3, -0.25) is 9.59 Å². The van der Waals surface area contributed by atoms with Gasteiger partial charge >= 0.3 is 0 Å². The molecule has 0 saturated carbocycles. The number of ether oxygens (including phenoxy) is 1. The van der Waals surface area contributed by atoms with E-state index in [9.17, 15) is 19.8 Å². The van der Waals surface area contributed by atoms with Crippen LogP contribution in [0.25, 0.3) is 0 Å². The number of halogens is 2. The molecule has 5 rings (SSSR count). The van der Waals surface area contributed by atoms with Gasteiger partial charge in [0.15, 0.2) is 5.60 Å². The Morgan fingerprint density at radius 1 is 1.16 bits per heavy atom. The van der Waals surface area contributed by atoms with Crippen molar-refractivity contribution in [1.29, 1.82) is 0 Å². The monoisotopic (exact) mass is 744 g/mol. The predicted octanol–water partition coefficient (Wildman–Crippen LogP) is 4.43. The molecule has 0 bridgehead atoms. The van der Waals surface area contributed by atoms with Gasteiger partial charge in [-0.2, -0.15) is 0 Å². The fourth-order valence-electron chi connectivity index (χ4n) is 6.82. The van der Waals surface area contributed by atoms with Gasteiger partial charge in [0.2, 0.25) is 5.91 Å². The number of aliphatic hydroxyl groups excluding tert-OH is 1. The number of nitrogens with zero attached hydrogens (tertiary/aromatic N) is 2. The smallest absolute Gasteiger partial charge is 0.264 e. The van der Waals surface area contributed by atoms with Crippen molar-refractivity contribution in [3.63, 3.8) is 0 Å². The van der Waals surface area contributed by atoms with Crippen molar-refractivity contribution in [1.82, 2.24) is 4.90 Å². The number of rotatable bonds is 6. The predicted molar refractivity (Wildman–Crippen MR) is 161 cm³/mol. The van der Waals surface area contributed by atoms with Gasteiger partial charge in [-0.1, -0.05) is 19.1 Å². The molecule has 3 aliphatic rings. The lowest BCUT2D eigenvalue weighted by Gasteiger charge is -2.34. The Kier molecular flexibility index (Phi) is 7.89. The Hall–Kier alpha value is -1.28. The lowest BCUT2D eigenvalue weighted by molar-refractivity contribution is -0.150. The van der Waals surface area contributed by atoms with Gasteiger partial charge in [0, 0.05) is 31.1 Å². The third kappa shape index (κ3) is 4.80. The summed E-state index contributed by atoms with van der Waals surface area (Å²) in [6.07, 6.45) is 1.04. The molecule has 0 radical (unpaired) electrons. The molecule has 204 valence electrons. The van der Waals surface area contributed by atoms with Crippen molar-refractivity contribution >= 4 is 62.7 Å². The Balaban J connectivity index is 1.53. The van der Waals surface area contributed by atoms with Gasteiger partial charge in [-0.25, -0.2) is 0 Å². The molecular weight excluding hydrogens is 710 g/mol. The van der Waals surface area contributed by atoms with Crippen LogP contribution in [-0.2, 0) is 26.5 Å². The molecule has 3 heterocycles. The highest BCUT2D eigenvalue weighted by molar-refractivity contribution is 14.1. The number of benzene rings is 2. The summed E-state index contributed by atoms with van der Waals surface area (Å²) >= 11 is 4.52. The number of carbonyl (C=O) groups is 2. The molecule has 2 fully saturated rings. The summed E-state index contributed by atoms with van der Waals surface area (Å²) in [6.45, 7) is 6.38. The summed E-state index contributed by atoms with van der Waals surface area (Å²) in [6, 6.07) is 13.9. The minimum absolute atomic E-state index is 0.0565. The largest absolute Gasteiger partial charge is 0.394 e. The average molecular weight is 744 g/mol. The number of anilines is 1. The SMILES string of the molecule is C[C@H]1[C@H](C(C)(C)O)[C@@H](CC(=O)N2CCC[C@H]2CO)O[C@]12C(=O)N(Cc1ccc(I)cc1)c1ccc(I)cc12. The minimum Gasteiger partial charge on any atom is -0.394 e. The Morgan fingerprint density at radius 3 is 2.50 bits per heavy atom. The number of aliphatic hydroxyl groups is 2. The molecule has 3 aliphatic heterocycles. The summed E-state index contributed by atoms with van der Waals surface area (Å²) in [5.74, 6) is -1.08. The first-order valence-electron chi connectivity index (χ1n) is 13.1. The third-order valence-corrected chi connectivity index (χ3v) is 9.87. The number of hydrogen-bond acceptors (Lipinski definition) is 5. The van der Waals surface area contributed by atoms with Crippen molar-refractivity contribution < 1.29 is 24.5 Å². The van der Waals surface area contributed by atoms with Gasteiger partial charge in [-0.15, -0.1) is 0 Å². The number of fused-ring (bicyclic) bond motifs is 2. The molecule has 1 spiro atoms. The first-order valence-corrected chi connectivity index (χ1v) is 15.3. The van der Waals surface area contributed by atoms with E-state index in [1.807, 2.05) is 49.4 Å². The molecule has 2 amide bonds. The van der Waals surface area contributed by atoms with E-state index in [1.165, 1.54) is 0 Å². The van der Waals surface area contributed by atoms with Gasteiger partial charge in [0.25, 0.3) is 5.91 Å². The van der Waals surface area contributed by atoms with E-state index in [1.54, 1.807) is 23.6 Å². The highest BCUT2D eigenvalue weighted by Gasteiger charge is 2.66. The molecule has 7 nitrogen and oxygen atoms in total.